The molecule has 4 rings (SSSR count). The summed E-state index contributed by atoms with van der Waals surface area (Å²) in [6, 6.07) is 10.6. The van der Waals surface area contributed by atoms with Crippen molar-refractivity contribution in [2.75, 3.05) is 5.32 Å². The average Bonchev–Trinajstić information content (AvgIpc) is 3.08. The van der Waals surface area contributed by atoms with E-state index in [4.69, 9.17) is 5.26 Å². The van der Waals surface area contributed by atoms with Crippen LogP contribution in [-0.2, 0) is 6.18 Å². The van der Waals surface area contributed by atoms with Gasteiger partial charge in [0.05, 0.1) is 24.0 Å². The Balaban J connectivity index is 1.81. The van der Waals surface area contributed by atoms with Crippen molar-refractivity contribution in [3.8, 4) is 17.5 Å². The Hall–Kier alpha value is -4.00. The monoisotopic (exact) mass is 398 g/mol. The first-order valence-electron chi connectivity index (χ1n) is 8.19. The van der Waals surface area contributed by atoms with Crippen LogP contribution in [0.2, 0.25) is 0 Å². The third kappa shape index (κ3) is 3.58. The first-order valence-corrected chi connectivity index (χ1v) is 8.19. The standard InChI is InChI=1S/C19H10F4N6/c20-12-3-6-16-28-18(19(21,22)23)17(29(16)10-12)14-8-25-9-15(27-14)26-13-4-1-11(7-24)2-5-13/h1-6,8-10H,(H,26,27). The molecule has 6 nitrogen and oxygen atoms in total. The zero-order valence-electron chi connectivity index (χ0n) is 14.4. The van der Waals surface area contributed by atoms with Gasteiger partial charge in [-0.05, 0) is 36.4 Å². The molecule has 1 N–H and O–H groups in total. The van der Waals surface area contributed by atoms with Gasteiger partial charge in [-0.25, -0.2) is 14.4 Å². The van der Waals surface area contributed by atoms with Crippen LogP contribution in [0.15, 0.2) is 55.0 Å². The van der Waals surface area contributed by atoms with Crippen molar-refractivity contribution in [2.45, 2.75) is 6.18 Å². The van der Waals surface area contributed by atoms with Crippen molar-refractivity contribution in [3.05, 3.63) is 72.1 Å². The second-order valence-corrected chi connectivity index (χ2v) is 5.99. The lowest BCUT2D eigenvalue weighted by Crippen LogP contribution is -2.09. The lowest BCUT2D eigenvalue weighted by Gasteiger charge is -2.10. The van der Waals surface area contributed by atoms with Crippen molar-refractivity contribution in [3.63, 3.8) is 0 Å². The van der Waals surface area contributed by atoms with Crippen molar-refractivity contribution in [2.24, 2.45) is 0 Å². The predicted molar refractivity (Wildman–Crippen MR) is 95.6 cm³/mol. The summed E-state index contributed by atoms with van der Waals surface area (Å²) >= 11 is 0. The highest BCUT2D eigenvalue weighted by Gasteiger charge is 2.39. The number of hydrogen-bond donors (Lipinski definition) is 1. The molecule has 0 saturated carbocycles. The van der Waals surface area contributed by atoms with E-state index in [1.54, 1.807) is 24.3 Å². The number of pyridine rings is 1. The topological polar surface area (TPSA) is 78.9 Å². The molecular formula is C19H10F4N6. The van der Waals surface area contributed by atoms with Gasteiger partial charge >= 0.3 is 6.18 Å². The molecule has 0 bridgehead atoms. The van der Waals surface area contributed by atoms with Gasteiger partial charge in [-0.3, -0.25) is 9.38 Å². The second kappa shape index (κ2) is 6.87. The lowest BCUT2D eigenvalue weighted by molar-refractivity contribution is -0.140. The molecule has 0 atom stereocenters. The van der Waals surface area contributed by atoms with Crippen LogP contribution in [0.1, 0.15) is 11.3 Å². The van der Waals surface area contributed by atoms with Gasteiger partial charge in [0.25, 0.3) is 0 Å². The molecule has 29 heavy (non-hydrogen) atoms. The summed E-state index contributed by atoms with van der Waals surface area (Å²) in [6.45, 7) is 0. The molecule has 0 spiro atoms. The molecule has 0 aliphatic heterocycles. The van der Waals surface area contributed by atoms with Crippen molar-refractivity contribution in [1.82, 2.24) is 19.4 Å². The molecule has 0 aliphatic rings. The fraction of sp³-hybridized carbons (Fsp3) is 0.0526. The fourth-order valence-electron chi connectivity index (χ4n) is 2.78. The molecule has 3 heterocycles. The molecule has 144 valence electrons. The molecule has 4 aromatic rings. The van der Waals surface area contributed by atoms with E-state index in [9.17, 15) is 17.6 Å². The van der Waals surface area contributed by atoms with Gasteiger partial charge in [0.2, 0.25) is 0 Å². The van der Waals surface area contributed by atoms with Gasteiger partial charge in [0.15, 0.2) is 5.69 Å². The van der Waals surface area contributed by atoms with Crippen LogP contribution in [-0.4, -0.2) is 19.4 Å². The van der Waals surface area contributed by atoms with Gasteiger partial charge < -0.3 is 5.32 Å². The summed E-state index contributed by atoms with van der Waals surface area (Å²) in [6.07, 6.45) is -1.38. The number of nitriles is 1. The van der Waals surface area contributed by atoms with Gasteiger partial charge in [-0.1, -0.05) is 0 Å². The highest BCUT2D eigenvalue weighted by molar-refractivity contribution is 5.67. The first-order chi connectivity index (χ1) is 13.8. The fourth-order valence-corrected chi connectivity index (χ4v) is 2.78. The number of anilines is 2. The molecule has 0 radical (unpaired) electrons. The van der Waals surface area contributed by atoms with Crippen molar-refractivity contribution >= 4 is 17.2 Å². The Kier molecular flexibility index (Phi) is 4.35. The number of rotatable bonds is 3. The minimum absolute atomic E-state index is 0.0685. The maximum atomic E-state index is 13.7. The van der Waals surface area contributed by atoms with Crippen LogP contribution in [0.4, 0.5) is 29.1 Å². The van der Waals surface area contributed by atoms with E-state index in [1.165, 1.54) is 6.20 Å². The normalized spacial score (nSPS) is 11.4. The Morgan fingerprint density at radius 1 is 1.00 bits per heavy atom. The Morgan fingerprint density at radius 3 is 2.45 bits per heavy atom. The summed E-state index contributed by atoms with van der Waals surface area (Å²) < 4.78 is 55.3. The van der Waals surface area contributed by atoms with E-state index >= 15 is 0 Å². The van der Waals surface area contributed by atoms with Gasteiger partial charge in [-0.15, -0.1) is 0 Å². The highest BCUT2D eigenvalue weighted by Crippen LogP contribution is 2.36. The number of hydrogen-bond acceptors (Lipinski definition) is 5. The maximum Gasteiger partial charge on any atom is 0.435 e. The summed E-state index contributed by atoms with van der Waals surface area (Å²) in [5.74, 6) is -0.545. The quantitative estimate of drug-likeness (QED) is 0.512. The van der Waals surface area contributed by atoms with Crippen LogP contribution >= 0.6 is 0 Å². The van der Waals surface area contributed by atoms with Gasteiger partial charge in [0.1, 0.15) is 28.7 Å². The molecule has 3 aromatic heterocycles. The molecule has 0 unspecified atom stereocenters. The third-order valence-electron chi connectivity index (χ3n) is 4.01. The number of halogens is 4. The zero-order chi connectivity index (χ0) is 20.6. The Labute approximate surface area is 161 Å². The largest absolute Gasteiger partial charge is 0.435 e. The molecule has 0 amide bonds. The van der Waals surface area contributed by atoms with E-state index < -0.39 is 23.4 Å². The molecule has 0 saturated heterocycles. The second-order valence-electron chi connectivity index (χ2n) is 5.99. The van der Waals surface area contributed by atoms with Crippen molar-refractivity contribution < 1.29 is 17.6 Å². The number of aromatic nitrogens is 4. The van der Waals surface area contributed by atoms with E-state index in [0.29, 0.717) is 11.3 Å². The van der Waals surface area contributed by atoms with E-state index in [0.717, 1.165) is 28.9 Å². The molecule has 0 aliphatic carbocycles. The first kappa shape index (κ1) is 18.4. The Morgan fingerprint density at radius 2 is 1.76 bits per heavy atom. The Bertz CT molecular complexity index is 1240. The smallest absolute Gasteiger partial charge is 0.339 e. The lowest BCUT2D eigenvalue weighted by atomic mass is 10.2. The zero-order valence-corrected chi connectivity index (χ0v) is 14.4. The third-order valence-corrected chi connectivity index (χ3v) is 4.01. The minimum atomic E-state index is -4.77. The predicted octanol–water partition coefficient (Wildman–Crippen LogP) is 4.56. The average molecular weight is 398 g/mol. The van der Waals surface area contributed by atoms with Crippen LogP contribution in [0.3, 0.4) is 0 Å². The van der Waals surface area contributed by atoms with Crippen LogP contribution < -0.4 is 5.32 Å². The van der Waals surface area contributed by atoms with E-state index in [2.05, 4.69) is 20.3 Å². The molecular weight excluding hydrogens is 388 g/mol. The number of nitrogens with one attached hydrogen (secondary N) is 1. The maximum absolute atomic E-state index is 13.7. The molecule has 1 aromatic carbocycles. The number of nitrogens with zero attached hydrogens (tertiary/aromatic N) is 5. The minimum Gasteiger partial charge on any atom is -0.339 e. The van der Waals surface area contributed by atoms with Crippen LogP contribution in [0.25, 0.3) is 17.0 Å². The summed E-state index contributed by atoms with van der Waals surface area (Å²) in [5.41, 5.74) is -0.778. The number of alkyl halides is 3. The number of benzene rings is 1. The van der Waals surface area contributed by atoms with E-state index in [-0.39, 0.29) is 17.2 Å². The summed E-state index contributed by atoms with van der Waals surface area (Å²) in [5, 5.41) is 11.7. The highest BCUT2D eigenvalue weighted by atomic mass is 19.4. The SMILES string of the molecule is N#Cc1ccc(Nc2cncc(-c3c(C(F)(F)F)nc4ccc(F)cn34)n2)cc1. The number of imidazole rings is 1. The molecule has 10 heteroatoms. The van der Waals surface area contributed by atoms with Crippen molar-refractivity contribution in [1.29, 1.82) is 5.26 Å². The van der Waals surface area contributed by atoms with Crippen LogP contribution in [0.5, 0.6) is 0 Å². The summed E-state index contributed by atoms with van der Waals surface area (Å²) in [7, 11) is 0. The van der Waals surface area contributed by atoms with Gasteiger partial charge in [0, 0.05) is 11.9 Å². The van der Waals surface area contributed by atoms with E-state index in [1.807, 2.05) is 6.07 Å². The van der Waals surface area contributed by atoms with Gasteiger partial charge in [-0.2, -0.15) is 18.4 Å². The van der Waals surface area contributed by atoms with Crippen LogP contribution in [0, 0.1) is 17.1 Å². The molecule has 0 fully saturated rings. The number of fused-ring (bicyclic) bond motifs is 1. The summed E-state index contributed by atoms with van der Waals surface area (Å²) in [4.78, 5) is 11.7.